The molecule has 0 aliphatic heterocycles. The lowest BCUT2D eigenvalue weighted by Crippen LogP contribution is -1.83. The Morgan fingerprint density at radius 2 is 2.17 bits per heavy atom. The van der Waals surface area contributed by atoms with Crippen molar-refractivity contribution in [3.8, 4) is 0 Å². The lowest BCUT2D eigenvalue weighted by Gasteiger charge is -1.94. The molecule has 0 fully saturated rings. The number of thiophene rings is 1. The number of nitrogen functional groups attached to an aromatic ring is 1. The van der Waals surface area contributed by atoms with Gasteiger partial charge in [0.25, 0.3) is 0 Å². The minimum absolute atomic E-state index is 0.846. The molecule has 1 aromatic carbocycles. The standard InChI is InChI=1S/C8H5BrINS/c9-7-6-4(11)2-1-3-5(6)12-8(7)10/h1-3H,11H2. The lowest BCUT2D eigenvalue weighted by atomic mass is 10.2. The number of fused-ring (bicyclic) bond motifs is 1. The van der Waals surface area contributed by atoms with Crippen LogP contribution < -0.4 is 5.73 Å². The van der Waals surface area contributed by atoms with Gasteiger partial charge in [-0.05, 0) is 50.7 Å². The van der Waals surface area contributed by atoms with E-state index in [0.29, 0.717) is 0 Å². The Morgan fingerprint density at radius 3 is 2.83 bits per heavy atom. The molecule has 0 spiro atoms. The van der Waals surface area contributed by atoms with Crippen LogP contribution in [0.2, 0.25) is 0 Å². The first-order chi connectivity index (χ1) is 5.70. The van der Waals surface area contributed by atoms with Gasteiger partial charge in [0.15, 0.2) is 0 Å². The number of hydrogen-bond acceptors (Lipinski definition) is 2. The third-order valence-corrected chi connectivity index (χ3v) is 5.59. The minimum atomic E-state index is 0.846. The molecule has 1 aromatic heterocycles. The van der Waals surface area contributed by atoms with E-state index in [0.717, 1.165) is 15.5 Å². The topological polar surface area (TPSA) is 26.0 Å². The molecule has 0 saturated carbocycles. The van der Waals surface area contributed by atoms with E-state index in [1.54, 1.807) is 11.3 Å². The van der Waals surface area contributed by atoms with Gasteiger partial charge in [-0.1, -0.05) is 6.07 Å². The first-order valence-electron chi connectivity index (χ1n) is 3.32. The van der Waals surface area contributed by atoms with Crippen molar-refractivity contribution in [2.75, 3.05) is 5.73 Å². The van der Waals surface area contributed by atoms with Crippen LogP contribution in [0.5, 0.6) is 0 Å². The molecule has 2 N–H and O–H groups in total. The van der Waals surface area contributed by atoms with Gasteiger partial charge in [-0.3, -0.25) is 0 Å². The molecule has 1 nitrogen and oxygen atoms in total. The Hall–Kier alpha value is 0.190. The third kappa shape index (κ3) is 1.25. The highest BCUT2D eigenvalue weighted by atomic mass is 127. The van der Waals surface area contributed by atoms with E-state index in [4.69, 9.17) is 5.73 Å². The molecule has 0 unspecified atom stereocenters. The molecular formula is C8H5BrINS. The number of rotatable bonds is 0. The van der Waals surface area contributed by atoms with Crippen LogP contribution in [0, 0.1) is 2.88 Å². The predicted octanol–water partition coefficient (Wildman–Crippen LogP) is 3.85. The van der Waals surface area contributed by atoms with Gasteiger partial charge < -0.3 is 5.73 Å². The highest BCUT2D eigenvalue weighted by molar-refractivity contribution is 14.1. The van der Waals surface area contributed by atoms with Gasteiger partial charge in [-0.25, -0.2) is 0 Å². The summed E-state index contributed by atoms with van der Waals surface area (Å²) in [6.45, 7) is 0. The second kappa shape index (κ2) is 3.16. The lowest BCUT2D eigenvalue weighted by molar-refractivity contribution is 1.77. The maximum atomic E-state index is 5.84. The maximum Gasteiger partial charge on any atom is 0.0808 e. The summed E-state index contributed by atoms with van der Waals surface area (Å²) in [5.41, 5.74) is 6.69. The van der Waals surface area contributed by atoms with Crippen LogP contribution in [0.4, 0.5) is 5.69 Å². The molecule has 4 heteroatoms. The van der Waals surface area contributed by atoms with Crippen molar-refractivity contribution >= 4 is 65.6 Å². The molecule has 0 aliphatic rings. The zero-order valence-corrected chi connectivity index (χ0v) is 10.5. The normalized spacial score (nSPS) is 10.8. The molecule has 0 bridgehead atoms. The molecule has 2 aromatic rings. The summed E-state index contributed by atoms with van der Waals surface area (Å²) in [6.07, 6.45) is 0. The Morgan fingerprint density at radius 1 is 1.42 bits per heavy atom. The summed E-state index contributed by atoms with van der Waals surface area (Å²) in [5.74, 6) is 0. The highest BCUT2D eigenvalue weighted by Crippen LogP contribution is 2.39. The molecule has 62 valence electrons. The largest absolute Gasteiger partial charge is 0.398 e. The van der Waals surface area contributed by atoms with Crippen LogP contribution in [0.15, 0.2) is 22.7 Å². The Balaban J connectivity index is 2.97. The first-order valence-corrected chi connectivity index (χ1v) is 6.01. The maximum absolute atomic E-state index is 5.84. The van der Waals surface area contributed by atoms with Crippen LogP contribution in [0.3, 0.4) is 0 Å². The van der Waals surface area contributed by atoms with Crippen LogP contribution in [-0.2, 0) is 0 Å². The van der Waals surface area contributed by atoms with E-state index >= 15 is 0 Å². The predicted molar refractivity (Wildman–Crippen MR) is 66.7 cm³/mol. The summed E-state index contributed by atoms with van der Waals surface area (Å²) in [6, 6.07) is 6.00. The van der Waals surface area contributed by atoms with E-state index in [1.165, 1.54) is 7.58 Å². The average Bonchev–Trinajstić information content (AvgIpc) is 2.29. The van der Waals surface area contributed by atoms with Gasteiger partial charge in [-0.2, -0.15) is 0 Å². The summed E-state index contributed by atoms with van der Waals surface area (Å²) in [7, 11) is 0. The van der Waals surface area contributed by atoms with Gasteiger partial charge in [0.1, 0.15) is 0 Å². The minimum Gasteiger partial charge on any atom is -0.398 e. The van der Waals surface area contributed by atoms with Crippen molar-refractivity contribution in [1.29, 1.82) is 0 Å². The van der Waals surface area contributed by atoms with Crippen LogP contribution >= 0.6 is 49.9 Å². The summed E-state index contributed by atoms with van der Waals surface area (Å²) in [4.78, 5) is 0. The number of benzene rings is 1. The first kappa shape index (κ1) is 8.77. The third-order valence-electron chi connectivity index (χ3n) is 1.65. The molecule has 0 radical (unpaired) electrons. The fourth-order valence-electron chi connectivity index (χ4n) is 1.11. The van der Waals surface area contributed by atoms with Crippen LogP contribution in [0.25, 0.3) is 10.1 Å². The Kier molecular flexibility index (Phi) is 2.31. The summed E-state index contributed by atoms with van der Waals surface area (Å²) >= 11 is 7.59. The second-order valence-electron chi connectivity index (χ2n) is 2.41. The molecule has 2 rings (SSSR count). The molecule has 0 saturated heterocycles. The molecule has 1 heterocycles. The molecule has 0 amide bonds. The molecule has 0 atom stereocenters. The van der Waals surface area contributed by atoms with E-state index in [-0.39, 0.29) is 0 Å². The van der Waals surface area contributed by atoms with Gasteiger partial charge >= 0.3 is 0 Å². The van der Waals surface area contributed by atoms with Gasteiger partial charge in [-0.15, -0.1) is 11.3 Å². The molecule has 0 aliphatic carbocycles. The average molecular weight is 354 g/mol. The summed E-state index contributed by atoms with van der Waals surface area (Å²) in [5, 5.41) is 1.15. The number of halogens is 2. The van der Waals surface area contributed by atoms with Crippen molar-refractivity contribution in [3.63, 3.8) is 0 Å². The van der Waals surface area contributed by atoms with Gasteiger partial charge in [0, 0.05) is 15.8 Å². The van der Waals surface area contributed by atoms with Crippen LogP contribution in [-0.4, -0.2) is 0 Å². The zero-order chi connectivity index (χ0) is 8.72. The Bertz CT molecular complexity index is 438. The van der Waals surface area contributed by atoms with Crippen molar-refractivity contribution in [1.82, 2.24) is 0 Å². The number of nitrogens with two attached hydrogens (primary N) is 1. The highest BCUT2D eigenvalue weighted by Gasteiger charge is 2.08. The number of anilines is 1. The van der Waals surface area contributed by atoms with Crippen molar-refractivity contribution < 1.29 is 0 Å². The molecular weight excluding hydrogens is 349 g/mol. The van der Waals surface area contributed by atoms with Gasteiger partial charge in [0.2, 0.25) is 0 Å². The zero-order valence-electron chi connectivity index (χ0n) is 5.97. The van der Waals surface area contributed by atoms with E-state index in [9.17, 15) is 0 Å². The van der Waals surface area contributed by atoms with Crippen LogP contribution in [0.1, 0.15) is 0 Å². The van der Waals surface area contributed by atoms with Gasteiger partial charge in [0.05, 0.1) is 7.36 Å². The second-order valence-corrected chi connectivity index (χ2v) is 6.07. The quantitative estimate of drug-likeness (QED) is 0.565. The molecule has 12 heavy (non-hydrogen) atoms. The number of hydrogen-bond donors (Lipinski definition) is 1. The fourth-order valence-corrected chi connectivity index (χ4v) is 3.76. The summed E-state index contributed by atoms with van der Waals surface area (Å²) < 4.78 is 3.62. The van der Waals surface area contributed by atoms with Crippen molar-refractivity contribution in [2.24, 2.45) is 0 Å². The smallest absolute Gasteiger partial charge is 0.0808 e. The van der Waals surface area contributed by atoms with E-state index < -0.39 is 0 Å². The van der Waals surface area contributed by atoms with Crippen molar-refractivity contribution in [2.45, 2.75) is 0 Å². The van der Waals surface area contributed by atoms with E-state index in [2.05, 4.69) is 44.6 Å². The monoisotopic (exact) mass is 353 g/mol. The van der Waals surface area contributed by atoms with E-state index in [1.807, 2.05) is 12.1 Å². The fraction of sp³-hybridized carbons (Fsp3) is 0. The Labute approximate surface area is 96.2 Å². The van der Waals surface area contributed by atoms with Crippen molar-refractivity contribution in [3.05, 3.63) is 25.6 Å². The SMILES string of the molecule is Nc1cccc2sc(I)c(Br)c12.